The number of nitrogens with one attached hydrogen (secondary N) is 1. The van der Waals surface area contributed by atoms with E-state index in [1.807, 2.05) is 0 Å². The predicted molar refractivity (Wildman–Crippen MR) is 87.7 cm³/mol. The molecule has 0 radical (unpaired) electrons. The number of nitrogens with zero attached hydrogens (tertiary/aromatic N) is 2. The molecule has 128 valence electrons. The first kappa shape index (κ1) is 17.5. The van der Waals surface area contributed by atoms with Crippen LogP contribution in [0.1, 0.15) is 39.5 Å². The molecule has 7 heteroatoms. The first-order valence-corrected chi connectivity index (χ1v) is 10.1. The summed E-state index contributed by atoms with van der Waals surface area (Å²) in [6.45, 7) is 6.08. The van der Waals surface area contributed by atoms with Crippen molar-refractivity contribution in [2.75, 3.05) is 31.6 Å². The highest BCUT2D eigenvalue weighted by atomic mass is 32.2. The zero-order valence-electron chi connectivity index (χ0n) is 13.9. The maximum Gasteiger partial charge on any atom is 0.317 e. The lowest BCUT2D eigenvalue weighted by atomic mass is 10.0. The van der Waals surface area contributed by atoms with Crippen LogP contribution in [-0.4, -0.2) is 74.0 Å². The monoisotopic (exact) mass is 331 g/mol. The molecule has 2 aliphatic heterocycles. The van der Waals surface area contributed by atoms with Gasteiger partial charge in [0.2, 0.25) is 0 Å². The molecule has 0 aliphatic carbocycles. The first-order chi connectivity index (χ1) is 10.3. The zero-order valence-corrected chi connectivity index (χ0v) is 14.7. The molecule has 0 spiro atoms. The number of hydrogen-bond donors (Lipinski definition) is 1. The van der Waals surface area contributed by atoms with Crippen LogP contribution in [0, 0.1) is 0 Å². The maximum atomic E-state index is 12.2. The van der Waals surface area contributed by atoms with Gasteiger partial charge in [0.25, 0.3) is 0 Å². The topological polar surface area (TPSA) is 69.7 Å². The van der Waals surface area contributed by atoms with Gasteiger partial charge in [-0.15, -0.1) is 0 Å². The summed E-state index contributed by atoms with van der Waals surface area (Å²) in [5.74, 6) is 0.284. The lowest BCUT2D eigenvalue weighted by molar-refractivity contribution is 0.112. The van der Waals surface area contributed by atoms with Crippen molar-refractivity contribution in [3.63, 3.8) is 0 Å². The summed E-state index contributed by atoms with van der Waals surface area (Å²) in [4.78, 5) is 16.2. The van der Waals surface area contributed by atoms with Crippen LogP contribution < -0.4 is 5.32 Å². The number of rotatable bonds is 4. The Bertz CT molecular complexity index is 494. The maximum absolute atomic E-state index is 12.2. The molecule has 2 fully saturated rings. The van der Waals surface area contributed by atoms with E-state index in [1.165, 1.54) is 19.3 Å². The van der Waals surface area contributed by atoms with Gasteiger partial charge in [-0.05, 0) is 39.7 Å². The molecular formula is C15H29N3O3S. The summed E-state index contributed by atoms with van der Waals surface area (Å²) in [5, 5.41) is 2.95. The second kappa shape index (κ2) is 7.17. The number of sulfone groups is 1. The normalized spacial score (nSPS) is 30.0. The van der Waals surface area contributed by atoms with Gasteiger partial charge in [0, 0.05) is 31.7 Å². The molecule has 22 heavy (non-hydrogen) atoms. The number of hydrogen-bond acceptors (Lipinski definition) is 4. The number of piperidine rings is 1. The van der Waals surface area contributed by atoms with E-state index in [9.17, 15) is 13.2 Å². The molecule has 0 aromatic carbocycles. The van der Waals surface area contributed by atoms with E-state index in [4.69, 9.17) is 0 Å². The minimum Gasteiger partial charge on any atom is -0.336 e. The van der Waals surface area contributed by atoms with Crippen LogP contribution in [0.5, 0.6) is 0 Å². The molecule has 2 rings (SSSR count). The Balaban J connectivity index is 1.79. The highest BCUT2D eigenvalue weighted by Crippen LogP contribution is 2.19. The van der Waals surface area contributed by atoms with Crippen molar-refractivity contribution in [3.8, 4) is 0 Å². The van der Waals surface area contributed by atoms with Gasteiger partial charge in [0.15, 0.2) is 9.84 Å². The molecular weight excluding hydrogens is 302 g/mol. The van der Waals surface area contributed by atoms with E-state index in [0.717, 1.165) is 6.54 Å². The van der Waals surface area contributed by atoms with Gasteiger partial charge in [-0.3, -0.25) is 4.90 Å². The number of carbonyl (C=O) groups is 1. The van der Waals surface area contributed by atoms with Gasteiger partial charge in [-0.1, -0.05) is 6.42 Å². The van der Waals surface area contributed by atoms with Gasteiger partial charge in [-0.25, -0.2) is 13.2 Å². The van der Waals surface area contributed by atoms with Crippen LogP contribution in [0.25, 0.3) is 0 Å². The molecule has 1 N–H and O–H groups in total. The summed E-state index contributed by atoms with van der Waals surface area (Å²) < 4.78 is 23.0. The average Bonchev–Trinajstić information content (AvgIpc) is 2.84. The van der Waals surface area contributed by atoms with Gasteiger partial charge in [0.05, 0.1) is 11.5 Å². The van der Waals surface area contributed by atoms with Crippen molar-refractivity contribution in [1.29, 1.82) is 0 Å². The number of carbonyl (C=O) groups excluding carboxylic acids is 1. The summed E-state index contributed by atoms with van der Waals surface area (Å²) >= 11 is 0. The Kier molecular flexibility index (Phi) is 5.71. The molecule has 2 amide bonds. The fraction of sp³-hybridized carbons (Fsp3) is 0.933. The van der Waals surface area contributed by atoms with Crippen LogP contribution in [0.3, 0.4) is 0 Å². The SMILES string of the molecule is C[C@@H]1CCCCN1[C@H](C)CNC(=O)N(C)[C@@H]1CCS(=O)(=O)C1. The van der Waals surface area contributed by atoms with Gasteiger partial charge >= 0.3 is 6.03 Å². The van der Waals surface area contributed by atoms with Gasteiger partial charge in [0.1, 0.15) is 0 Å². The molecule has 6 nitrogen and oxygen atoms in total. The lowest BCUT2D eigenvalue weighted by Gasteiger charge is -2.38. The number of amides is 2. The van der Waals surface area contributed by atoms with E-state index in [2.05, 4.69) is 24.1 Å². The van der Waals surface area contributed by atoms with E-state index >= 15 is 0 Å². The minimum absolute atomic E-state index is 0.0929. The largest absolute Gasteiger partial charge is 0.336 e. The molecule has 0 bridgehead atoms. The second-order valence-electron chi connectivity index (χ2n) is 6.79. The lowest BCUT2D eigenvalue weighted by Crippen LogP contribution is -2.51. The third-order valence-corrected chi connectivity index (χ3v) is 6.80. The van der Waals surface area contributed by atoms with Crippen molar-refractivity contribution >= 4 is 15.9 Å². The summed E-state index contributed by atoms with van der Waals surface area (Å²) in [6.07, 6.45) is 4.28. The van der Waals surface area contributed by atoms with Crippen molar-refractivity contribution < 1.29 is 13.2 Å². The highest BCUT2D eigenvalue weighted by molar-refractivity contribution is 7.91. The smallest absolute Gasteiger partial charge is 0.317 e. The third-order valence-electron chi connectivity index (χ3n) is 5.05. The fourth-order valence-corrected chi connectivity index (χ4v) is 5.27. The Hall–Kier alpha value is -0.820. The molecule has 2 heterocycles. The van der Waals surface area contributed by atoms with Crippen LogP contribution in [0.15, 0.2) is 0 Å². The minimum atomic E-state index is -2.96. The Morgan fingerprint density at radius 1 is 1.36 bits per heavy atom. The summed E-state index contributed by atoms with van der Waals surface area (Å²) in [5.41, 5.74) is 0. The van der Waals surface area contributed by atoms with E-state index in [-0.39, 0.29) is 23.6 Å². The molecule has 0 aromatic rings. The van der Waals surface area contributed by atoms with Crippen LogP contribution in [0.2, 0.25) is 0 Å². The van der Waals surface area contributed by atoms with Crippen LogP contribution in [-0.2, 0) is 9.84 Å². The van der Waals surface area contributed by atoms with Crippen LogP contribution in [0.4, 0.5) is 4.79 Å². The van der Waals surface area contributed by atoms with Crippen molar-refractivity contribution in [1.82, 2.24) is 15.1 Å². The Morgan fingerprint density at radius 2 is 2.09 bits per heavy atom. The second-order valence-corrected chi connectivity index (χ2v) is 9.01. The Labute approximate surface area is 134 Å². The van der Waals surface area contributed by atoms with Gasteiger partial charge in [-0.2, -0.15) is 0 Å². The van der Waals surface area contributed by atoms with Gasteiger partial charge < -0.3 is 10.2 Å². The third kappa shape index (κ3) is 4.35. The van der Waals surface area contributed by atoms with E-state index in [1.54, 1.807) is 11.9 Å². The van der Waals surface area contributed by atoms with Crippen LogP contribution >= 0.6 is 0 Å². The van der Waals surface area contributed by atoms with Crippen molar-refractivity contribution in [2.45, 2.75) is 57.7 Å². The fourth-order valence-electron chi connectivity index (χ4n) is 3.50. The number of urea groups is 1. The molecule has 2 saturated heterocycles. The highest BCUT2D eigenvalue weighted by Gasteiger charge is 2.33. The Morgan fingerprint density at radius 3 is 2.68 bits per heavy atom. The molecule has 3 atom stereocenters. The standard InChI is InChI=1S/C15H29N3O3S/c1-12-6-4-5-8-18(12)13(2)10-16-15(19)17(3)14-7-9-22(20,21)11-14/h12-14H,4-11H2,1-3H3,(H,16,19)/t12-,13-,14-/m1/s1. The molecule has 0 saturated carbocycles. The summed E-state index contributed by atoms with van der Waals surface area (Å²) in [7, 11) is -1.27. The molecule has 2 aliphatic rings. The average molecular weight is 331 g/mol. The number of likely N-dealkylation sites (tertiary alicyclic amines) is 1. The van der Waals surface area contributed by atoms with Crippen molar-refractivity contribution in [2.24, 2.45) is 0 Å². The first-order valence-electron chi connectivity index (χ1n) is 8.27. The van der Waals surface area contributed by atoms with E-state index in [0.29, 0.717) is 25.0 Å². The summed E-state index contributed by atoms with van der Waals surface area (Å²) in [6, 6.07) is 0.520. The zero-order chi connectivity index (χ0) is 16.3. The quantitative estimate of drug-likeness (QED) is 0.837. The molecule has 0 unspecified atom stereocenters. The van der Waals surface area contributed by atoms with E-state index < -0.39 is 9.84 Å². The van der Waals surface area contributed by atoms with Crippen molar-refractivity contribution in [3.05, 3.63) is 0 Å². The predicted octanol–water partition coefficient (Wildman–Crippen LogP) is 1.08. The molecule has 0 aromatic heterocycles.